The fourth-order valence-electron chi connectivity index (χ4n) is 2.15. The summed E-state index contributed by atoms with van der Waals surface area (Å²) in [7, 11) is 0. The van der Waals surface area contributed by atoms with Gasteiger partial charge in [0.25, 0.3) is 0 Å². The molecule has 2 rings (SSSR count). The first-order valence-corrected chi connectivity index (χ1v) is 5.16. The van der Waals surface area contributed by atoms with Crippen LogP contribution in [-0.2, 0) is 6.54 Å². The van der Waals surface area contributed by atoms with E-state index in [1.165, 1.54) is 10.8 Å². The molecule has 17 heavy (non-hydrogen) atoms. The first kappa shape index (κ1) is 11.9. The van der Waals surface area contributed by atoms with E-state index in [1.807, 2.05) is 0 Å². The number of alkyl halides is 3. The third-order valence-electron chi connectivity index (χ3n) is 2.99. The molecule has 0 spiro atoms. The number of halogens is 3. The van der Waals surface area contributed by atoms with Crippen LogP contribution in [0.4, 0.5) is 13.2 Å². The van der Waals surface area contributed by atoms with Gasteiger partial charge in [0, 0.05) is 18.7 Å². The number of carboxylic acid groups (broad SMARTS) is 1. The molecule has 0 saturated heterocycles. The number of hydrogen-bond donors (Lipinski definition) is 1. The molecule has 2 unspecified atom stereocenters. The van der Waals surface area contributed by atoms with Gasteiger partial charge in [0.1, 0.15) is 5.82 Å². The van der Waals surface area contributed by atoms with Crippen molar-refractivity contribution < 1.29 is 23.1 Å². The summed E-state index contributed by atoms with van der Waals surface area (Å²) in [4.78, 5) is 14.5. The molecule has 1 aromatic heterocycles. The summed E-state index contributed by atoms with van der Waals surface area (Å²) in [5, 5.41) is 8.75. The minimum Gasteiger partial charge on any atom is -0.476 e. The molecule has 0 radical (unpaired) electrons. The van der Waals surface area contributed by atoms with Crippen molar-refractivity contribution in [2.45, 2.75) is 32.0 Å². The molecular weight excluding hydrogens is 237 g/mol. The lowest BCUT2D eigenvalue weighted by atomic mass is 9.91. The standard InChI is InChI=1S/C10H11F3N2O2/c1-5-2-6(10(11,12)13)3-15-4-7(9(16)17)14-8(5)15/h4-6H,2-3H2,1H3,(H,16,17). The average molecular weight is 248 g/mol. The largest absolute Gasteiger partial charge is 0.476 e. The van der Waals surface area contributed by atoms with Crippen molar-refractivity contribution in [1.29, 1.82) is 0 Å². The van der Waals surface area contributed by atoms with Crippen LogP contribution < -0.4 is 0 Å². The van der Waals surface area contributed by atoms with Crippen LogP contribution in [0.15, 0.2) is 6.20 Å². The zero-order valence-electron chi connectivity index (χ0n) is 9.03. The van der Waals surface area contributed by atoms with E-state index in [2.05, 4.69) is 4.98 Å². The van der Waals surface area contributed by atoms with Gasteiger partial charge in [0.15, 0.2) is 5.69 Å². The summed E-state index contributed by atoms with van der Waals surface area (Å²) in [6.07, 6.45) is -3.12. The Labute approximate surface area is 95.1 Å². The van der Waals surface area contributed by atoms with Crippen molar-refractivity contribution in [3.05, 3.63) is 17.7 Å². The Hall–Kier alpha value is -1.53. The van der Waals surface area contributed by atoms with Gasteiger partial charge >= 0.3 is 12.1 Å². The molecule has 1 aromatic rings. The summed E-state index contributed by atoms with van der Waals surface area (Å²) < 4.78 is 39.2. The molecule has 0 aromatic carbocycles. The number of imidazole rings is 1. The molecule has 2 heterocycles. The van der Waals surface area contributed by atoms with Gasteiger partial charge in [0.2, 0.25) is 0 Å². The van der Waals surface area contributed by atoms with E-state index < -0.39 is 18.1 Å². The molecule has 7 heteroatoms. The Balaban J connectivity index is 2.33. The van der Waals surface area contributed by atoms with Crippen LogP contribution >= 0.6 is 0 Å². The smallest absolute Gasteiger partial charge is 0.393 e. The Kier molecular flexibility index (Phi) is 2.63. The number of fused-ring (bicyclic) bond motifs is 1. The summed E-state index contributed by atoms with van der Waals surface area (Å²) in [5.41, 5.74) is -0.199. The molecule has 1 N–H and O–H groups in total. The fourth-order valence-corrected chi connectivity index (χ4v) is 2.15. The molecule has 1 aliphatic heterocycles. The Bertz CT molecular complexity index is 453. The number of aromatic nitrogens is 2. The topological polar surface area (TPSA) is 55.1 Å². The minimum atomic E-state index is -4.25. The number of aromatic carboxylic acids is 1. The van der Waals surface area contributed by atoms with Gasteiger partial charge in [-0.15, -0.1) is 0 Å². The summed E-state index contributed by atoms with van der Waals surface area (Å²) in [6.45, 7) is 1.38. The van der Waals surface area contributed by atoms with Crippen molar-refractivity contribution in [2.75, 3.05) is 0 Å². The highest BCUT2D eigenvalue weighted by Gasteiger charge is 2.43. The second-order valence-electron chi connectivity index (χ2n) is 4.32. The SMILES string of the molecule is CC1CC(C(F)(F)F)Cn2cc(C(=O)O)nc21. The van der Waals surface area contributed by atoms with Gasteiger partial charge in [-0.05, 0) is 6.42 Å². The molecule has 0 amide bonds. The highest BCUT2D eigenvalue weighted by atomic mass is 19.4. The van der Waals surface area contributed by atoms with Crippen molar-refractivity contribution in [3.8, 4) is 0 Å². The molecule has 0 saturated carbocycles. The van der Waals surface area contributed by atoms with Gasteiger partial charge in [-0.3, -0.25) is 0 Å². The van der Waals surface area contributed by atoms with E-state index in [0.717, 1.165) is 0 Å². The molecule has 4 nitrogen and oxygen atoms in total. The number of rotatable bonds is 1. The first-order valence-electron chi connectivity index (χ1n) is 5.16. The maximum Gasteiger partial charge on any atom is 0.393 e. The Morgan fingerprint density at radius 2 is 2.24 bits per heavy atom. The van der Waals surface area contributed by atoms with E-state index in [9.17, 15) is 18.0 Å². The van der Waals surface area contributed by atoms with Crippen LogP contribution in [0, 0.1) is 5.92 Å². The number of carboxylic acids is 1. The zero-order chi connectivity index (χ0) is 12.8. The van der Waals surface area contributed by atoms with Crippen molar-refractivity contribution in [1.82, 2.24) is 9.55 Å². The van der Waals surface area contributed by atoms with E-state index in [4.69, 9.17) is 5.11 Å². The maximum atomic E-state index is 12.6. The van der Waals surface area contributed by atoms with E-state index in [0.29, 0.717) is 5.82 Å². The van der Waals surface area contributed by atoms with Crippen LogP contribution in [0.1, 0.15) is 35.6 Å². The van der Waals surface area contributed by atoms with Crippen LogP contribution in [0.25, 0.3) is 0 Å². The molecule has 1 aliphatic rings. The second-order valence-corrected chi connectivity index (χ2v) is 4.32. The van der Waals surface area contributed by atoms with Crippen molar-refractivity contribution in [2.24, 2.45) is 5.92 Å². The monoisotopic (exact) mass is 248 g/mol. The summed E-state index contributed by atoms with van der Waals surface area (Å²) in [6, 6.07) is 0. The molecule has 2 atom stereocenters. The second kappa shape index (κ2) is 3.75. The lowest BCUT2D eigenvalue weighted by Crippen LogP contribution is -2.33. The van der Waals surface area contributed by atoms with E-state index in [1.54, 1.807) is 6.92 Å². The number of nitrogens with zero attached hydrogens (tertiary/aromatic N) is 2. The summed E-state index contributed by atoms with van der Waals surface area (Å²) in [5.74, 6) is -2.62. The Morgan fingerprint density at radius 1 is 1.59 bits per heavy atom. The fraction of sp³-hybridized carbons (Fsp3) is 0.600. The van der Waals surface area contributed by atoms with Gasteiger partial charge in [-0.25, -0.2) is 9.78 Å². The van der Waals surface area contributed by atoms with Gasteiger partial charge < -0.3 is 9.67 Å². The summed E-state index contributed by atoms with van der Waals surface area (Å²) >= 11 is 0. The maximum absolute atomic E-state index is 12.6. The lowest BCUT2D eigenvalue weighted by Gasteiger charge is -2.29. The average Bonchev–Trinajstić information content (AvgIpc) is 2.60. The molecule has 0 bridgehead atoms. The Morgan fingerprint density at radius 3 is 2.76 bits per heavy atom. The number of hydrogen-bond acceptors (Lipinski definition) is 2. The zero-order valence-corrected chi connectivity index (χ0v) is 9.03. The minimum absolute atomic E-state index is 0.0421. The van der Waals surface area contributed by atoms with E-state index >= 15 is 0 Å². The highest BCUT2D eigenvalue weighted by Crippen LogP contribution is 2.39. The van der Waals surface area contributed by atoms with Gasteiger partial charge in [0.05, 0.1) is 5.92 Å². The van der Waals surface area contributed by atoms with Gasteiger partial charge in [-0.2, -0.15) is 13.2 Å². The molecular formula is C10H11F3N2O2. The molecule has 94 valence electrons. The van der Waals surface area contributed by atoms with Crippen LogP contribution in [-0.4, -0.2) is 26.8 Å². The normalized spacial score (nSPS) is 24.5. The quantitative estimate of drug-likeness (QED) is 0.829. The van der Waals surface area contributed by atoms with Crippen LogP contribution in [0.3, 0.4) is 0 Å². The first-order chi connectivity index (χ1) is 7.79. The predicted octanol–water partition coefficient (Wildman–Crippen LogP) is 2.27. The van der Waals surface area contributed by atoms with Crippen molar-refractivity contribution >= 4 is 5.97 Å². The molecule has 0 aliphatic carbocycles. The van der Waals surface area contributed by atoms with E-state index in [-0.39, 0.29) is 24.6 Å². The number of carbonyl (C=O) groups is 1. The van der Waals surface area contributed by atoms with Crippen LogP contribution in [0.2, 0.25) is 0 Å². The van der Waals surface area contributed by atoms with Gasteiger partial charge in [-0.1, -0.05) is 6.92 Å². The third-order valence-corrected chi connectivity index (χ3v) is 2.99. The highest BCUT2D eigenvalue weighted by molar-refractivity contribution is 5.85. The third kappa shape index (κ3) is 2.13. The van der Waals surface area contributed by atoms with Crippen molar-refractivity contribution in [3.63, 3.8) is 0 Å². The van der Waals surface area contributed by atoms with Crippen LogP contribution in [0.5, 0.6) is 0 Å². The molecule has 0 fully saturated rings. The predicted molar refractivity (Wildman–Crippen MR) is 51.8 cm³/mol. The lowest BCUT2D eigenvalue weighted by molar-refractivity contribution is -0.183.